The second-order valence-electron chi connectivity index (χ2n) is 23.7. The van der Waals surface area contributed by atoms with Crippen molar-refractivity contribution in [2.24, 2.45) is 46.3 Å². The molecule has 6 heterocycles. The summed E-state index contributed by atoms with van der Waals surface area (Å²) in [5.41, 5.74) is 1.33. The molecule has 9 fully saturated rings. The first-order valence-corrected chi connectivity index (χ1v) is 26.7. The standard InChI is InChI=1S/C51H82O21/c1-20-10-15-51(72-44(20)62-7)21(2)32-30(71-51)17-28-26-9-8-24-16-25(11-13-49(24,5)27(26)12-14-50(28,32)6)66-48-43(70-46-39(60)36(57)33(54)22(3)64-46)40(61)41(31(18-52)67-48)68-47-42(37(58)34(55)23(4)65-47)69-45-38(59)35(56)29(53)19-63-45/h8,20-23,25-48,52-61H,9-19H2,1-7H3/t20-,21-,22-,23-,25-,26+,27-,28-,29+,30-,31+,32-,33-,34-,35-,36+,37+,38+,39+,40-,41+,42+,43+,44?,45-,46-,47-,48+,49-,50-,51-/m0/s1. The van der Waals surface area contributed by atoms with E-state index >= 15 is 0 Å². The van der Waals surface area contributed by atoms with Gasteiger partial charge in [0.15, 0.2) is 37.2 Å². The van der Waals surface area contributed by atoms with Gasteiger partial charge in [0.2, 0.25) is 0 Å². The number of rotatable bonds is 10. The van der Waals surface area contributed by atoms with Crippen molar-refractivity contribution < 1.29 is 103 Å². The van der Waals surface area contributed by atoms with Gasteiger partial charge in [-0.05, 0) is 99.7 Å². The maximum atomic E-state index is 12.4. The minimum atomic E-state index is -1.78. The topological polar surface area (TPSA) is 304 Å². The van der Waals surface area contributed by atoms with Gasteiger partial charge in [-0.1, -0.05) is 39.3 Å². The molecule has 0 bridgehead atoms. The van der Waals surface area contributed by atoms with Crippen LogP contribution in [0.5, 0.6) is 0 Å². The lowest BCUT2D eigenvalue weighted by Gasteiger charge is -2.59. The van der Waals surface area contributed by atoms with E-state index in [2.05, 4.69) is 33.8 Å². The van der Waals surface area contributed by atoms with Crippen LogP contribution in [-0.2, 0) is 52.1 Å². The first-order chi connectivity index (χ1) is 34.1. The van der Waals surface area contributed by atoms with Crippen LogP contribution in [0.4, 0.5) is 0 Å². The summed E-state index contributed by atoms with van der Waals surface area (Å²) in [6, 6.07) is 0. The van der Waals surface area contributed by atoms with Crippen LogP contribution in [0.15, 0.2) is 11.6 Å². The number of hydrogen-bond donors (Lipinski definition) is 10. The molecule has 10 aliphatic rings. The van der Waals surface area contributed by atoms with Crippen molar-refractivity contribution in [3.8, 4) is 0 Å². The van der Waals surface area contributed by atoms with E-state index in [-0.39, 0.29) is 29.1 Å². The van der Waals surface area contributed by atoms with Crippen molar-refractivity contribution in [2.45, 2.75) is 240 Å². The van der Waals surface area contributed by atoms with Crippen LogP contribution in [0.25, 0.3) is 0 Å². The van der Waals surface area contributed by atoms with Crippen LogP contribution in [-0.4, -0.2) is 212 Å². The van der Waals surface area contributed by atoms with Gasteiger partial charge in [0.1, 0.15) is 79.4 Å². The monoisotopic (exact) mass is 1030 g/mol. The third-order valence-corrected chi connectivity index (χ3v) is 19.7. The highest BCUT2D eigenvalue weighted by Gasteiger charge is 2.69. The Morgan fingerprint density at radius 2 is 1.28 bits per heavy atom. The molecule has 10 rings (SSSR count). The fourth-order valence-electron chi connectivity index (χ4n) is 15.5. The molecular formula is C51H82O21. The van der Waals surface area contributed by atoms with Crippen LogP contribution < -0.4 is 0 Å². The Bertz CT molecular complexity index is 1920. The number of ether oxygens (including phenoxy) is 11. The number of methoxy groups -OCH3 is 1. The Balaban J connectivity index is 0.862. The van der Waals surface area contributed by atoms with Gasteiger partial charge >= 0.3 is 0 Å². The fraction of sp³-hybridized carbons (Fsp3) is 0.961. The molecule has 3 saturated carbocycles. The zero-order valence-electron chi connectivity index (χ0n) is 42.5. The molecule has 0 aromatic rings. The third-order valence-electron chi connectivity index (χ3n) is 19.7. The molecule has 0 amide bonds. The zero-order chi connectivity index (χ0) is 51.5. The normalized spacial score (nSPS) is 57.8. The van der Waals surface area contributed by atoms with E-state index in [4.69, 9.17) is 52.1 Å². The van der Waals surface area contributed by atoms with Crippen LogP contribution >= 0.6 is 0 Å². The molecular weight excluding hydrogens is 949 g/mol. The highest BCUT2D eigenvalue weighted by Crippen LogP contribution is 2.71. The second-order valence-corrected chi connectivity index (χ2v) is 23.7. The molecule has 10 N–H and O–H groups in total. The molecule has 0 radical (unpaired) electrons. The summed E-state index contributed by atoms with van der Waals surface area (Å²) in [6.45, 7) is 11.2. The van der Waals surface area contributed by atoms with Gasteiger partial charge in [-0.2, -0.15) is 0 Å². The van der Waals surface area contributed by atoms with Gasteiger partial charge in [0, 0.05) is 25.4 Å². The molecule has 0 aromatic heterocycles. The minimum absolute atomic E-state index is 0.0864. The van der Waals surface area contributed by atoms with Crippen LogP contribution in [0.2, 0.25) is 0 Å². The Labute approximate surface area is 420 Å². The summed E-state index contributed by atoms with van der Waals surface area (Å²) >= 11 is 0. The first kappa shape index (κ1) is 54.3. The molecule has 412 valence electrons. The predicted molar refractivity (Wildman–Crippen MR) is 245 cm³/mol. The molecule has 31 atom stereocenters. The summed E-state index contributed by atoms with van der Waals surface area (Å²) in [6.07, 6.45) is -19.3. The van der Waals surface area contributed by atoms with Crippen molar-refractivity contribution in [2.75, 3.05) is 20.3 Å². The summed E-state index contributed by atoms with van der Waals surface area (Å²) < 4.78 is 68.4. The first-order valence-electron chi connectivity index (χ1n) is 26.7. The number of aliphatic hydroxyl groups excluding tert-OH is 10. The van der Waals surface area contributed by atoms with Crippen molar-refractivity contribution in [3.05, 3.63) is 11.6 Å². The van der Waals surface area contributed by atoms with E-state index in [1.807, 2.05) is 0 Å². The average Bonchev–Trinajstić information content (AvgIpc) is 3.81. The molecule has 4 aliphatic carbocycles. The minimum Gasteiger partial charge on any atom is -0.394 e. The lowest BCUT2D eigenvalue weighted by Crippen LogP contribution is -2.67. The molecule has 6 aliphatic heterocycles. The molecule has 21 heteroatoms. The maximum Gasteiger partial charge on any atom is 0.187 e. The van der Waals surface area contributed by atoms with Gasteiger partial charge in [-0.15, -0.1) is 0 Å². The van der Waals surface area contributed by atoms with Crippen molar-refractivity contribution >= 4 is 0 Å². The van der Waals surface area contributed by atoms with Crippen LogP contribution in [0, 0.1) is 46.3 Å². The Morgan fingerprint density at radius 1 is 0.625 bits per heavy atom. The molecule has 1 spiro atoms. The fourth-order valence-corrected chi connectivity index (χ4v) is 15.5. The molecule has 21 nitrogen and oxygen atoms in total. The highest BCUT2D eigenvalue weighted by atomic mass is 16.8. The quantitative estimate of drug-likeness (QED) is 0.125. The number of hydrogen-bond acceptors (Lipinski definition) is 21. The summed E-state index contributed by atoms with van der Waals surface area (Å²) in [4.78, 5) is 0. The molecule has 6 saturated heterocycles. The maximum absolute atomic E-state index is 12.4. The van der Waals surface area contributed by atoms with Gasteiger partial charge < -0.3 is 103 Å². The Hall–Kier alpha value is -1.10. The predicted octanol–water partition coefficient (Wildman–Crippen LogP) is -0.322. The van der Waals surface area contributed by atoms with Crippen molar-refractivity contribution in [1.29, 1.82) is 0 Å². The lowest BCUT2D eigenvalue weighted by molar-refractivity contribution is -0.397. The van der Waals surface area contributed by atoms with Crippen LogP contribution in [0.3, 0.4) is 0 Å². The number of allylic oxidation sites excluding steroid dienone is 1. The summed E-state index contributed by atoms with van der Waals surface area (Å²) in [5, 5.41) is 109. The van der Waals surface area contributed by atoms with Gasteiger partial charge in [0.05, 0.1) is 37.6 Å². The zero-order valence-corrected chi connectivity index (χ0v) is 42.5. The lowest BCUT2D eigenvalue weighted by atomic mass is 9.47. The van der Waals surface area contributed by atoms with Crippen molar-refractivity contribution in [3.63, 3.8) is 0 Å². The second kappa shape index (κ2) is 20.6. The average molecular weight is 1030 g/mol. The van der Waals surface area contributed by atoms with E-state index in [1.54, 1.807) is 7.11 Å². The third kappa shape index (κ3) is 9.09. The van der Waals surface area contributed by atoms with Gasteiger partial charge in [0.25, 0.3) is 0 Å². The van der Waals surface area contributed by atoms with Gasteiger partial charge in [-0.25, -0.2) is 0 Å². The number of fused-ring (bicyclic) bond motifs is 7. The molecule has 1 unspecified atom stereocenters. The van der Waals surface area contributed by atoms with E-state index in [1.165, 1.54) is 19.4 Å². The van der Waals surface area contributed by atoms with Gasteiger partial charge in [-0.3, -0.25) is 0 Å². The van der Waals surface area contributed by atoms with E-state index in [0.29, 0.717) is 42.4 Å². The van der Waals surface area contributed by atoms with E-state index in [9.17, 15) is 51.1 Å². The smallest absolute Gasteiger partial charge is 0.187 e. The summed E-state index contributed by atoms with van der Waals surface area (Å²) in [5.74, 6) is 1.79. The molecule has 0 aromatic carbocycles. The number of aliphatic hydroxyl groups is 10. The van der Waals surface area contributed by atoms with Crippen molar-refractivity contribution in [1.82, 2.24) is 0 Å². The SMILES string of the molecule is COC1O[C@]2(CC[C@@H]1C)O[C@H]1C[C@H]3[C@@H]4CC=C5C[C@@H](O[C@@H]6O[C@H](CO)[C@@H](O[C@@H]7O[C@@H](C)[C@H](O)[C@@H](O)[C@H]7O[C@@H]7OC[C@@H](O)[C@H](O)[C@H]7O)[C@H](O)[C@H]6O[C@@H]6O[C@@H](C)[C@H](O)[C@@H](O)[C@H]6O)CC[C@]5(C)[C@H]4CC[C@]3(C)[C@H]1[C@@H]2C. The highest BCUT2D eigenvalue weighted by molar-refractivity contribution is 5.26. The molecule has 72 heavy (non-hydrogen) atoms. The Kier molecular flexibility index (Phi) is 15.5. The summed E-state index contributed by atoms with van der Waals surface area (Å²) in [7, 11) is 1.72. The van der Waals surface area contributed by atoms with Crippen LogP contribution in [0.1, 0.15) is 99.3 Å². The largest absolute Gasteiger partial charge is 0.394 e. The Morgan fingerprint density at radius 3 is 2.00 bits per heavy atom. The van der Waals surface area contributed by atoms with E-state index in [0.717, 1.165) is 44.9 Å². The van der Waals surface area contributed by atoms with E-state index < -0.39 is 142 Å².